The van der Waals surface area contributed by atoms with Gasteiger partial charge in [0.2, 0.25) is 0 Å². The van der Waals surface area contributed by atoms with Crippen molar-refractivity contribution < 1.29 is 4.79 Å². The molecule has 0 atom stereocenters. The zero-order chi connectivity index (χ0) is 16.7. The number of piperazine rings is 1. The van der Waals surface area contributed by atoms with E-state index < -0.39 is 0 Å². The number of hydrogen-bond acceptors (Lipinski definition) is 4. The van der Waals surface area contributed by atoms with Crippen molar-refractivity contribution >= 4 is 11.6 Å². The van der Waals surface area contributed by atoms with Crippen LogP contribution in [0.25, 0.3) is 0 Å². The van der Waals surface area contributed by atoms with Gasteiger partial charge in [0.1, 0.15) is 0 Å². The second-order valence-corrected chi connectivity index (χ2v) is 7.56. The Balaban J connectivity index is 1.38. The lowest BCUT2D eigenvalue weighted by atomic mass is 10.0. The molecule has 4 rings (SSSR count). The minimum atomic E-state index is 0.158. The molecule has 0 spiro atoms. The summed E-state index contributed by atoms with van der Waals surface area (Å²) >= 11 is 0. The maximum atomic E-state index is 12.0. The fourth-order valence-electron chi connectivity index (χ4n) is 4.33. The number of carbonyl (C=O) groups is 1. The van der Waals surface area contributed by atoms with Crippen LogP contribution in [-0.2, 0) is 6.54 Å². The average Bonchev–Trinajstić information content (AvgIpc) is 2.89. The van der Waals surface area contributed by atoms with Crippen LogP contribution in [0, 0.1) is 0 Å². The van der Waals surface area contributed by atoms with Crippen LogP contribution in [0.2, 0.25) is 0 Å². The molecule has 1 aromatic carbocycles. The summed E-state index contributed by atoms with van der Waals surface area (Å²) in [6, 6.07) is 7.12. The first-order valence-electron chi connectivity index (χ1n) is 9.18. The molecule has 2 fully saturated rings. The van der Waals surface area contributed by atoms with Crippen LogP contribution in [0.3, 0.4) is 0 Å². The van der Waals surface area contributed by atoms with Gasteiger partial charge < -0.3 is 14.7 Å². The molecule has 0 bridgehead atoms. The summed E-state index contributed by atoms with van der Waals surface area (Å²) in [6.07, 6.45) is 2.50. The molecule has 3 heterocycles. The van der Waals surface area contributed by atoms with E-state index in [-0.39, 0.29) is 5.91 Å². The van der Waals surface area contributed by atoms with Crippen molar-refractivity contribution in [2.45, 2.75) is 25.4 Å². The summed E-state index contributed by atoms with van der Waals surface area (Å²) < 4.78 is 0. The van der Waals surface area contributed by atoms with Crippen LogP contribution < -0.4 is 4.90 Å². The van der Waals surface area contributed by atoms with Crippen molar-refractivity contribution in [3.63, 3.8) is 0 Å². The summed E-state index contributed by atoms with van der Waals surface area (Å²) in [5, 5.41) is 0. The highest BCUT2D eigenvalue weighted by molar-refractivity contribution is 5.98. The van der Waals surface area contributed by atoms with Crippen LogP contribution in [0.15, 0.2) is 18.2 Å². The van der Waals surface area contributed by atoms with Gasteiger partial charge in [0.05, 0.1) is 0 Å². The molecule has 5 heteroatoms. The van der Waals surface area contributed by atoms with Gasteiger partial charge in [0.25, 0.3) is 5.91 Å². The van der Waals surface area contributed by atoms with Crippen LogP contribution in [-0.4, -0.2) is 80.0 Å². The lowest BCUT2D eigenvalue weighted by Crippen LogP contribution is -2.52. The summed E-state index contributed by atoms with van der Waals surface area (Å²) in [5.74, 6) is 0.158. The fraction of sp³-hybridized carbons (Fsp3) is 0.632. The highest BCUT2D eigenvalue weighted by Gasteiger charge is 2.28. The number of benzene rings is 1. The number of piperidine rings is 1. The average molecular weight is 328 g/mol. The van der Waals surface area contributed by atoms with Crippen LogP contribution in [0.5, 0.6) is 0 Å². The van der Waals surface area contributed by atoms with Crippen molar-refractivity contribution in [2.24, 2.45) is 0 Å². The lowest BCUT2D eigenvalue weighted by molar-refractivity contribution is 0.0816. The maximum Gasteiger partial charge on any atom is 0.254 e. The highest BCUT2D eigenvalue weighted by Crippen LogP contribution is 2.29. The van der Waals surface area contributed by atoms with Crippen LogP contribution in [0.1, 0.15) is 28.8 Å². The van der Waals surface area contributed by atoms with E-state index in [1.807, 2.05) is 13.1 Å². The summed E-state index contributed by atoms with van der Waals surface area (Å²) in [5.41, 5.74) is 3.35. The Labute approximate surface area is 144 Å². The van der Waals surface area contributed by atoms with Crippen molar-refractivity contribution in [1.82, 2.24) is 14.7 Å². The SMILES string of the molecule is CN1CCN(C2CCN(c3ccc4c(c3)CN(C)C4=O)CC2)CC1. The molecule has 0 aromatic heterocycles. The van der Waals surface area contributed by atoms with E-state index in [1.165, 1.54) is 50.3 Å². The van der Waals surface area contributed by atoms with Gasteiger partial charge in [-0.15, -0.1) is 0 Å². The number of nitrogens with zero attached hydrogens (tertiary/aromatic N) is 4. The monoisotopic (exact) mass is 328 g/mol. The van der Waals surface area contributed by atoms with E-state index >= 15 is 0 Å². The smallest absolute Gasteiger partial charge is 0.254 e. The molecule has 0 saturated carbocycles. The molecular formula is C19H28N4O. The van der Waals surface area contributed by atoms with Gasteiger partial charge >= 0.3 is 0 Å². The predicted octanol–water partition coefficient (Wildman–Crippen LogP) is 1.49. The Morgan fingerprint density at radius 3 is 2.38 bits per heavy atom. The number of carbonyl (C=O) groups excluding carboxylic acids is 1. The molecular weight excluding hydrogens is 300 g/mol. The molecule has 0 radical (unpaired) electrons. The molecule has 5 nitrogen and oxygen atoms in total. The maximum absolute atomic E-state index is 12.0. The zero-order valence-corrected chi connectivity index (χ0v) is 14.9. The van der Waals surface area contributed by atoms with Gasteiger partial charge in [-0.1, -0.05) is 0 Å². The zero-order valence-electron chi connectivity index (χ0n) is 14.9. The highest BCUT2D eigenvalue weighted by atomic mass is 16.2. The number of rotatable bonds is 2. The van der Waals surface area contributed by atoms with E-state index in [0.29, 0.717) is 0 Å². The van der Waals surface area contributed by atoms with Gasteiger partial charge in [-0.3, -0.25) is 9.69 Å². The van der Waals surface area contributed by atoms with Crippen molar-refractivity contribution in [3.8, 4) is 0 Å². The lowest BCUT2D eigenvalue weighted by Gasteiger charge is -2.42. The second kappa shape index (κ2) is 6.37. The number of likely N-dealkylation sites (N-methyl/N-ethyl adjacent to an activating group) is 1. The topological polar surface area (TPSA) is 30.0 Å². The van der Waals surface area contributed by atoms with E-state index in [0.717, 1.165) is 31.2 Å². The molecule has 1 amide bonds. The molecule has 0 N–H and O–H groups in total. The number of fused-ring (bicyclic) bond motifs is 1. The Morgan fingerprint density at radius 1 is 0.958 bits per heavy atom. The summed E-state index contributed by atoms with van der Waals surface area (Å²) in [7, 11) is 4.10. The molecule has 0 aliphatic carbocycles. The van der Waals surface area contributed by atoms with E-state index in [9.17, 15) is 4.79 Å². The van der Waals surface area contributed by atoms with Crippen molar-refractivity contribution in [1.29, 1.82) is 0 Å². The van der Waals surface area contributed by atoms with E-state index in [2.05, 4.69) is 33.9 Å². The Kier molecular flexibility index (Phi) is 4.22. The standard InChI is InChI=1S/C19H28N4O/c1-20-9-11-23(12-10-20)16-5-7-22(8-6-16)17-3-4-18-15(13-17)14-21(2)19(18)24/h3-4,13,16H,5-12,14H2,1-2H3. The Morgan fingerprint density at radius 2 is 1.67 bits per heavy atom. The first kappa shape index (κ1) is 15.9. The molecule has 3 aliphatic heterocycles. The van der Waals surface area contributed by atoms with Crippen molar-refractivity contribution in [3.05, 3.63) is 29.3 Å². The third kappa shape index (κ3) is 2.91. The molecule has 1 aromatic rings. The van der Waals surface area contributed by atoms with E-state index in [4.69, 9.17) is 0 Å². The molecule has 24 heavy (non-hydrogen) atoms. The minimum absolute atomic E-state index is 0.158. The Bertz CT molecular complexity index is 616. The van der Waals surface area contributed by atoms with Crippen LogP contribution in [0.4, 0.5) is 5.69 Å². The first-order chi connectivity index (χ1) is 11.6. The van der Waals surface area contributed by atoms with Crippen LogP contribution >= 0.6 is 0 Å². The fourth-order valence-corrected chi connectivity index (χ4v) is 4.33. The van der Waals surface area contributed by atoms with Gasteiger partial charge in [0.15, 0.2) is 0 Å². The van der Waals surface area contributed by atoms with Crippen molar-refractivity contribution in [2.75, 3.05) is 58.3 Å². The normalized spacial score (nSPS) is 23.8. The quantitative estimate of drug-likeness (QED) is 0.823. The third-order valence-electron chi connectivity index (χ3n) is 5.96. The largest absolute Gasteiger partial charge is 0.371 e. The first-order valence-corrected chi connectivity index (χ1v) is 9.18. The van der Waals surface area contributed by atoms with Gasteiger partial charge in [-0.2, -0.15) is 0 Å². The predicted molar refractivity (Wildman–Crippen MR) is 96.5 cm³/mol. The number of anilines is 1. The van der Waals surface area contributed by atoms with Gasteiger partial charge in [-0.05, 0) is 43.7 Å². The molecule has 0 unspecified atom stereocenters. The second-order valence-electron chi connectivity index (χ2n) is 7.56. The minimum Gasteiger partial charge on any atom is -0.371 e. The van der Waals surface area contributed by atoms with E-state index in [1.54, 1.807) is 4.90 Å². The van der Waals surface area contributed by atoms with Gasteiger partial charge in [-0.25, -0.2) is 0 Å². The number of amides is 1. The molecule has 2 saturated heterocycles. The number of hydrogen-bond donors (Lipinski definition) is 0. The summed E-state index contributed by atoms with van der Waals surface area (Å²) in [4.78, 5) is 21.4. The third-order valence-corrected chi connectivity index (χ3v) is 5.96. The Hall–Kier alpha value is -1.59. The molecule has 130 valence electrons. The summed E-state index contributed by atoms with van der Waals surface area (Å²) in [6.45, 7) is 7.83. The molecule has 3 aliphatic rings. The van der Waals surface area contributed by atoms with Gasteiger partial charge in [0, 0.05) is 70.2 Å².